The van der Waals surface area contributed by atoms with E-state index in [1.807, 2.05) is 0 Å². The van der Waals surface area contributed by atoms with Crippen molar-refractivity contribution in [2.24, 2.45) is 0 Å². The summed E-state index contributed by atoms with van der Waals surface area (Å²) in [6, 6.07) is 6.01. The Labute approximate surface area is 102 Å². The third-order valence-corrected chi connectivity index (χ3v) is 2.49. The molecule has 1 heterocycles. The first-order valence-corrected chi connectivity index (χ1v) is 5.26. The molecule has 0 spiro atoms. The maximum atomic E-state index is 13.5. The third kappa shape index (κ3) is 2.62. The van der Waals surface area contributed by atoms with Gasteiger partial charge in [0.15, 0.2) is 5.82 Å². The van der Waals surface area contributed by atoms with Gasteiger partial charge in [0.1, 0.15) is 0 Å². The van der Waals surface area contributed by atoms with Gasteiger partial charge in [-0.2, -0.15) is 5.10 Å². The van der Waals surface area contributed by atoms with E-state index < -0.39 is 11.7 Å². The van der Waals surface area contributed by atoms with Gasteiger partial charge in [-0.25, -0.2) is 4.39 Å². The molecule has 0 radical (unpaired) electrons. The number of rotatable bonds is 3. The van der Waals surface area contributed by atoms with Crippen LogP contribution in [-0.4, -0.2) is 16.1 Å². The van der Waals surface area contributed by atoms with E-state index in [-0.39, 0.29) is 17.1 Å². The molecular weight excluding hydrogens is 245 g/mol. The van der Waals surface area contributed by atoms with Crippen LogP contribution in [0.15, 0.2) is 30.5 Å². The molecule has 17 heavy (non-hydrogen) atoms. The van der Waals surface area contributed by atoms with Crippen molar-refractivity contribution in [2.45, 2.75) is 6.54 Å². The molecule has 88 valence electrons. The van der Waals surface area contributed by atoms with Gasteiger partial charge in [0.2, 0.25) is 0 Å². The summed E-state index contributed by atoms with van der Waals surface area (Å²) >= 11 is 5.59. The zero-order valence-corrected chi connectivity index (χ0v) is 9.46. The van der Waals surface area contributed by atoms with Crippen LogP contribution in [0, 0.1) is 5.82 Å². The molecule has 1 amide bonds. The highest BCUT2D eigenvalue weighted by atomic mass is 35.5. The highest BCUT2D eigenvalue weighted by Gasteiger charge is 2.13. The average molecular weight is 254 g/mol. The minimum atomic E-state index is -0.712. The van der Waals surface area contributed by atoms with E-state index in [1.165, 1.54) is 18.2 Å². The van der Waals surface area contributed by atoms with E-state index in [0.29, 0.717) is 0 Å². The summed E-state index contributed by atoms with van der Waals surface area (Å²) in [5, 5.41) is 8.91. The van der Waals surface area contributed by atoms with Crippen LogP contribution in [0.3, 0.4) is 0 Å². The Bertz CT molecular complexity index is 528. The largest absolute Gasteiger partial charge is 0.346 e. The summed E-state index contributed by atoms with van der Waals surface area (Å²) < 4.78 is 13.5. The molecule has 0 fully saturated rings. The number of benzene rings is 1. The number of nitrogens with zero attached hydrogens (tertiary/aromatic N) is 1. The Kier molecular flexibility index (Phi) is 3.39. The third-order valence-electron chi connectivity index (χ3n) is 2.19. The molecule has 6 heteroatoms. The molecule has 2 N–H and O–H groups in total. The lowest BCUT2D eigenvalue weighted by Crippen LogP contribution is -2.24. The topological polar surface area (TPSA) is 57.8 Å². The van der Waals surface area contributed by atoms with E-state index in [9.17, 15) is 9.18 Å². The first-order chi connectivity index (χ1) is 8.18. The highest BCUT2D eigenvalue weighted by molar-refractivity contribution is 6.31. The molecule has 1 aromatic carbocycles. The number of hydrogen-bond donors (Lipinski definition) is 2. The first-order valence-electron chi connectivity index (χ1n) is 4.89. The zero-order valence-electron chi connectivity index (χ0n) is 8.71. The summed E-state index contributed by atoms with van der Waals surface area (Å²) in [6.07, 6.45) is 1.57. The SMILES string of the molecule is O=C(NCc1ccn[nH]1)c1cccc(Cl)c1F. The number of aromatic nitrogens is 2. The van der Waals surface area contributed by atoms with Gasteiger partial charge in [-0.15, -0.1) is 0 Å². The van der Waals surface area contributed by atoms with Gasteiger partial charge in [0.25, 0.3) is 5.91 Å². The van der Waals surface area contributed by atoms with Crippen LogP contribution in [0.2, 0.25) is 5.02 Å². The van der Waals surface area contributed by atoms with E-state index in [1.54, 1.807) is 12.3 Å². The molecule has 0 saturated carbocycles. The van der Waals surface area contributed by atoms with Crippen molar-refractivity contribution in [3.05, 3.63) is 52.6 Å². The van der Waals surface area contributed by atoms with Crippen LogP contribution in [0.5, 0.6) is 0 Å². The van der Waals surface area contributed by atoms with Crippen molar-refractivity contribution in [2.75, 3.05) is 0 Å². The fourth-order valence-corrected chi connectivity index (χ4v) is 1.51. The fourth-order valence-electron chi connectivity index (χ4n) is 1.33. The average Bonchev–Trinajstić information content (AvgIpc) is 2.82. The molecule has 0 aliphatic rings. The number of halogens is 2. The molecule has 0 aliphatic heterocycles. The van der Waals surface area contributed by atoms with E-state index in [4.69, 9.17) is 11.6 Å². The molecular formula is C11H9ClFN3O. The minimum Gasteiger partial charge on any atom is -0.346 e. The molecule has 0 unspecified atom stereocenters. The quantitative estimate of drug-likeness (QED) is 0.880. The second-order valence-corrected chi connectivity index (χ2v) is 3.77. The first kappa shape index (κ1) is 11.6. The second kappa shape index (κ2) is 4.97. The standard InChI is InChI=1S/C11H9ClFN3O/c12-9-3-1-2-8(10(9)13)11(17)14-6-7-4-5-15-16-7/h1-5H,6H2,(H,14,17)(H,15,16). The van der Waals surface area contributed by atoms with Crippen LogP contribution in [0.1, 0.15) is 16.1 Å². The Morgan fingerprint density at radius 3 is 3.00 bits per heavy atom. The number of amides is 1. The molecule has 0 saturated heterocycles. The molecule has 0 atom stereocenters. The highest BCUT2D eigenvalue weighted by Crippen LogP contribution is 2.17. The van der Waals surface area contributed by atoms with Crippen molar-refractivity contribution < 1.29 is 9.18 Å². The maximum absolute atomic E-state index is 13.5. The molecule has 0 bridgehead atoms. The summed E-state index contributed by atoms with van der Waals surface area (Å²) in [6.45, 7) is 0.255. The van der Waals surface area contributed by atoms with Crippen LogP contribution >= 0.6 is 11.6 Å². The summed E-state index contributed by atoms with van der Waals surface area (Å²) in [5.41, 5.74) is 0.665. The van der Waals surface area contributed by atoms with Crippen LogP contribution < -0.4 is 5.32 Å². The van der Waals surface area contributed by atoms with Crippen molar-refractivity contribution in [3.8, 4) is 0 Å². The Morgan fingerprint density at radius 1 is 1.47 bits per heavy atom. The molecule has 1 aromatic heterocycles. The van der Waals surface area contributed by atoms with E-state index >= 15 is 0 Å². The number of carbonyl (C=O) groups excluding carboxylic acids is 1. The van der Waals surface area contributed by atoms with Crippen molar-refractivity contribution in [1.29, 1.82) is 0 Å². The Balaban J connectivity index is 2.07. The Hall–Kier alpha value is -1.88. The zero-order chi connectivity index (χ0) is 12.3. The van der Waals surface area contributed by atoms with Gasteiger partial charge in [-0.3, -0.25) is 9.89 Å². The normalized spacial score (nSPS) is 10.2. The van der Waals surface area contributed by atoms with Gasteiger partial charge in [-0.05, 0) is 18.2 Å². The minimum absolute atomic E-state index is 0.0702. The van der Waals surface area contributed by atoms with Gasteiger partial charge < -0.3 is 5.32 Å². The van der Waals surface area contributed by atoms with E-state index in [2.05, 4.69) is 15.5 Å². The lowest BCUT2D eigenvalue weighted by molar-refractivity contribution is 0.0946. The number of H-pyrrole nitrogens is 1. The number of hydrogen-bond acceptors (Lipinski definition) is 2. The van der Waals surface area contributed by atoms with Crippen LogP contribution in [0.25, 0.3) is 0 Å². The monoisotopic (exact) mass is 253 g/mol. The van der Waals surface area contributed by atoms with Gasteiger partial charge in [0, 0.05) is 6.20 Å². The molecule has 0 aliphatic carbocycles. The van der Waals surface area contributed by atoms with Crippen molar-refractivity contribution >= 4 is 17.5 Å². The van der Waals surface area contributed by atoms with Crippen molar-refractivity contribution in [3.63, 3.8) is 0 Å². The fraction of sp³-hybridized carbons (Fsp3) is 0.0909. The predicted octanol–water partition coefficient (Wildman–Crippen LogP) is 2.13. The van der Waals surface area contributed by atoms with Crippen molar-refractivity contribution in [1.82, 2.24) is 15.5 Å². The van der Waals surface area contributed by atoms with E-state index in [0.717, 1.165) is 5.69 Å². The lowest BCUT2D eigenvalue weighted by atomic mass is 10.2. The van der Waals surface area contributed by atoms with Gasteiger partial charge in [0.05, 0.1) is 22.8 Å². The second-order valence-electron chi connectivity index (χ2n) is 3.37. The van der Waals surface area contributed by atoms with Gasteiger partial charge >= 0.3 is 0 Å². The van der Waals surface area contributed by atoms with Gasteiger partial charge in [-0.1, -0.05) is 17.7 Å². The number of carbonyl (C=O) groups is 1. The summed E-state index contributed by atoms with van der Waals surface area (Å²) in [7, 11) is 0. The molecule has 4 nitrogen and oxygen atoms in total. The predicted molar refractivity (Wildman–Crippen MR) is 61.2 cm³/mol. The maximum Gasteiger partial charge on any atom is 0.254 e. The van der Waals surface area contributed by atoms with Crippen LogP contribution in [-0.2, 0) is 6.54 Å². The van der Waals surface area contributed by atoms with Crippen LogP contribution in [0.4, 0.5) is 4.39 Å². The number of nitrogens with one attached hydrogen (secondary N) is 2. The summed E-state index contributed by atoms with van der Waals surface area (Å²) in [4.78, 5) is 11.7. The lowest BCUT2D eigenvalue weighted by Gasteiger charge is -2.05. The smallest absolute Gasteiger partial charge is 0.254 e. The summed E-state index contributed by atoms with van der Waals surface area (Å²) in [5.74, 6) is -1.23. The Morgan fingerprint density at radius 2 is 2.29 bits per heavy atom. The molecule has 2 aromatic rings. The number of aromatic amines is 1. The molecule has 2 rings (SSSR count).